The van der Waals surface area contributed by atoms with Gasteiger partial charge in [0.15, 0.2) is 0 Å². The van der Waals surface area contributed by atoms with E-state index in [9.17, 15) is 13.2 Å². The molecule has 2 N–H and O–H groups in total. The minimum absolute atomic E-state index is 0.000706. The van der Waals surface area contributed by atoms with E-state index >= 15 is 0 Å². The zero-order chi connectivity index (χ0) is 18.4. The average Bonchev–Trinajstić information content (AvgIpc) is 3.02. The highest BCUT2D eigenvalue weighted by Crippen LogP contribution is 2.20. The lowest BCUT2D eigenvalue weighted by molar-refractivity contribution is -0.121. The number of thiazole rings is 1. The van der Waals surface area contributed by atoms with Gasteiger partial charge in [-0.1, -0.05) is 37.6 Å². The van der Waals surface area contributed by atoms with E-state index in [4.69, 9.17) is 11.6 Å². The number of benzene rings is 1. The third kappa shape index (κ3) is 5.78. The van der Waals surface area contributed by atoms with Gasteiger partial charge in [0, 0.05) is 24.3 Å². The van der Waals surface area contributed by atoms with Gasteiger partial charge in [-0.25, -0.2) is 18.1 Å². The summed E-state index contributed by atoms with van der Waals surface area (Å²) in [5, 5.41) is 5.81. The van der Waals surface area contributed by atoms with Gasteiger partial charge in [0.05, 0.1) is 22.3 Å². The van der Waals surface area contributed by atoms with Crippen LogP contribution in [0.3, 0.4) is 0 Å². The van der Waals surface area contributed by atoms with E-state index in [2.05, 4.69) is 28.9 Å². The van der Waals surface area contributed by atoms with Gasteiger partial charge in [-0.15, -0.1) is 11.3 Å². The second-order valence-electron chi connectivity index (χ2n) is 5.69. The Labute approximate surface area is 156 Å². The van der Waals surface area contributed by atoms with Crippen LogP contribution in [0.4, 0.5) is 0 Å². The van der Waals surface area contributed by atoms with E-state index in [0.717, 1.165) is 10.7 Å². The van der Waals surface area contributed by atoms with Crippen molar-refractivity contribution < 1.29 is 13.2 Å². The van der Waals surface area contributed by atoms with E-state index in [0.29, 0.717) is 12.5 Å². The van der Waals surface area contributed by atoms with Gasteiger partial charge < -0.3 is 5.32 Å². The summed E-state index contributed by atoms with van der Waals surface area (Å²) in [6.45, 7) is 4.45. The van der Waals surface area contributed by atoms with Gasteiger partial charge in [-0.3, -0.25) is 4.79 Å². The second kappa shape index (κ2) is 8.75. The first kappa shape index (κ1) is 19.8. The van der Waals surface area contributed by atoms with Crippen LogP contribution in [-0.4, -0.2) is 25.9 Å². The SMILES string of the molecule is CC(C)c1nc(CNC(=O)CCNS(=O)(=O)c2ccccc2Cl)cs1. The molecule has 0 spiro atoms. The lowest BCUT2D eigenvalue weighted by Crippen LogP contribution is -2.30. The largest absolute Gasteiger partial charge is 0.350 e. The molecule has 1 aromatic carbocycles. The zero-order valence-corrected chi connectivity index (χ0v) is 16.3. The van der Waals surface area contributed by atoms with E-state index in [1.807, 2.05) is 5.38 Å². The molecule has 0 aliphatic heterocycles. The average molecular weight is 402 g/mol. The molecule has 1 aromatic heterocycles. The highest BCUT2D eigenvalue weighted by atomic mass is 35.5. The molecule has 6 nitrogen and oxygen atoms in total. The predicted molar refractivity (Wildman–Crippen MR) is 99.3 cm³/mol. The van der Waals surface area contributed by atoms with Crippen LogP contribution < -0.4 is 10.0 Å². The monoisotopic (exact) mass is 401 g/mol. The number of nitrogens with one attached hydrogen (secondary N) is 2. The normalized spacial score (nSPS) is 11.7. The fraction of sp³-hybridized carbons (Fsp3) is 0.375. The molecule has 9 heteroatoms. The Morgan fingerprint density at radius 1 is 1.32 bits per heavy atom. The molecule has 136 valence electrons. The van der Waals surface area contributed by atoms with Crippen LogP contribution in [-0.2, 0) is 21.4 Å². The quantitative estimate of drug-likeness (QED) is 0.711. The number of hydrogen-bond acceptors (Lipinski definition) is 5. The van der Waals surface area contributed by atoms with Crippen LogP contribution in [0, 0.1) is 0 Å². The standard InChI is InChI=1S/C16H20ClN3O3S2/c1-11(2)16-20-12(10-24-16)9-18-15(21)7-8-19-25(22,23)14-6-4-3-5-13(14)17/h3-6,10-11,19H,7-9H2,1-2H3,(H,18,21). The molecule has 0 aliphatic carbocycles. The van der Waals surface area contributed by atoms with Crippen molar-refractivity contribution in [2.75, 3.05) is 6.54 Å². The van der Waals surface area contributed by atoms with E-state index in [-0.39, 0.29) is 28.8 Å². The summed E-state index contributed by atoms with van der Waals surface area (Å²) in [6.07, 6.45) is 0.0326. The first-order chi connectivity index (χ1) is 11.8. The Hall–Kier alpha value is -1.48. The molecule has 1 amide bonds. The topological polar surface area (TPSA) is 88.2 Å². The Bertz CT molecular complexity index is 835. The summed E-state index contributed by atoms with van der Waals surface area (Å²) in [6, 6.07) is 6.16. The van der Waals surface area contributed by atoms with Gasteiger partial charge in [0.2, 0.25) is 15.9 Å². The number of rotatable bonds is 8. The van der Waals surface area contributed by atoms with Crippen molar-refractivity contribution in [3.8, 4) is 0 Å². The minimum atomic E-state index is -3.73. The molecule has 0 atom stereocenters. The minimum Gasteiger partial charge on any atom is -0.350 e. The van der Waals surface area contributed by atoms with Crippen molar-refractivity contribution in [1.29, 1.82) is 0 Å². The molecule has 0 saturated carbocycles. The number of hydrogen-bond donors (Lipinski definition) is 2. The molecule has 2 aromatic rings. The molecule has 0 bridgehead atoms. The van der Waals surface area contributed by atoms with Crippen molar-refractivity contribution in [2.45, 2.75) is 37.6 Å². The maximum Gasteiger partial charge on any atom is 0.242 e. The van der Waals surface area contributed by atoms with Crippen LogP contribution in [0.2, 0.25) is 5.02 Å². The maximum atomic E-state index is 12.1. The van der Waals surface area contributed by atoms with Crippen molar-refractivity contribution >= 4 is 38.9 Å². The molecule has 1 heterocycles. The molecular formula is C16H20ClN3O3S2. The maximum absolute atomic E-state index is 12.1. The third-order valence-electron chi connectivity index (χ3n) is 3.30. The number of amides is 1. The fourth-order valence-electron chi connectivity index (χ4n) is 1.99. The van der Waals surface area contributed by atoms with Crippen LogP contribution in [0.5, 0.6) is 0 Å². The zero-order valence-electron chi connectivity index (χ0n) is 14.0. The second-order valence-corrected chi connectivity index (χ2v) is 8.72. The van der Waals surface area contributed by atoms with Gasteiger partial charge in [-0.05, 0) is 12.1 Å². The first-order valence-electron chi connectivity index (χ1n) is 7.75. The highest BCUT2D eigenvalue weighted by molar-refractivity contribution is 7.89. The van der Waals surface area contributed by atoms with Crippen molar-refractivity contribution in [2.24, 2.45) is 0 Å². The summed E-state index contributed by atoms with van der Waals surface area (Å²) in [5.41, 5.74) is 0.804. The van der Waals surface area contributed by atoms with E-state index < -0.39 is 10.0 Å². The molecule has 0 saturated heterocycles. The number of nitrogens with zero attached hydrogens (tertiary/aromatic N) is 1. The Morgan fingerprint density at radius 2 is 2.04 bits per heavy atom. The number of aromatic nitrogens is 1. The summed E-state index contributed by atoms with van der Waals surface area (Å²) in [5.74, 6) is 0.106. The number of carbonyl (C=O) groups is 1. The summed E-state index contributed by atoms with van der Waals surface area (Å²) < 4.78 is 26.7. The lowest BCUT2D eigenvalue weighted by Gasteiger charge is -2.08. The number of carbonyl (C=O) groups excluding carboxylic acids is 1. The smallest absolute Gasteiger partial charge is 0.242 e. The van der Waals surface area contributed by atoms with Crippen molar-refractivity contribution in [1.82, 2.24) is 15.0 Å². The Kier molecular flexibility index (Phi) is 6.95. The summed E-state index contributed by atoms with van der Waals surface area (Å²) in [4.78, 5) is 16.3. The Morgan fingerprint density at radius 3 is 2.68 bits per heavy atom. The lowest BCUT2D eigenvalue weighted by atomic mass is 10.2. The molecule has 0 unspecified atom stereocenters. The molecule has 0 aliphatic rings. The molecule has 2 rings (SSSR count). The predicted octanol–water partition coefficient (Wildman–Crippen LogP) is 2.90. The van der Waals surface area contributed by atoms with Gasteiger partial charge in [0.25, 0.3) is 0 Å². The van der Waals surface area contributed by atoms with Gasteiger partial charge in [-0.2, -0.15) is 0 Å². The summed E-state index contributed by atoms with van der Waals surface area (Å²) >= 11 is 7.45. The van der Waals surface area contributed by atoms with Gasteiger partial charge in [0.1, 0.15) is 4.90 Å². The highest BCUT2D eigenvalue weighted by Gasteiger charge is 2.17. The van der Waals surface area contributed by atoms with Gasteiger partial charge >= 0.3 is 0 Å². The molecule has 0 radical (unpaired) electrons. The Balaban J connectivity index is 1.79. The number of sulfonamides is 1. The van der Waals surface area contributed by atoms with Crippen LogP contribution in [0.25, 0.3) is 0 Å². The molecule has 0 fully saturated rings. The third-order valence-corrected chi connectivity index (χ3v) is 6.46. The van der Waals surface area contributed by atoms with Crippen molar-refractivity contribution in [3.63, 3.8) is 0 Å². The molecular weight excluding hydrogens is 382 g/mol. The van der Waals surface area contributed by atoms with Crippen molar-refractivity contribution in [3.05, 3.63) is 45.4 Å². The van der Waals surface area contributed by atoms with Crippen LogP contribution in [0.1, 0.15) is 36.9 Å². The fourth-order valence-corrected chi connectivity index (χ4v) is 4.37. The summed E-state index contributed by atoms with van der Waals surface area (Å²) in [7, 11) is -3.73. The number of halogens is 1. The van der Waals surface area contributed by atoms with E-state index in [1.54, 1.807) is 23.5 Å². The van der Waals surface area contributed by atoms with Crippen LogP contribution >= 0.6 is 22.9 Å². The van der Waals surface area contributed by atoms with Crippen LogP contribution in [0.15, 0.2) is 34.5 Å². The first-order valence-corrected chi connectivity index (χ1v) is 10.5. The van der Waals surface area contributed by atoms with E-state index in [1.165, 1.54) is 12.1 Å². The molecule has 25 heavy (non-hydrogen) atoms.